The zero-order chi connectivity index (χ0) is 33.7. The smallest absolute Gasteiger partial charge is 0.269 e. The summed E-state index contributed by atoms with van der Waals surface area (Å²) in [7, 11) is 6.72. The van der Waals surface area contributed by atoms with Crippen LogP contribution in [0.3, 0.4) is 0 Å². The lowest BCUT2D eigenvalue weighted by Crippen LogP contribution is -2.31. The van der Waals surface area contributed by atoms with Gasteiger partial charge in [-0.25, -0.2) is 0 Å². The predicted octanol–water partition coefficient (Wildman–Crippen LogP) is 3.02. The lowest BCUT2D eigenvalue weighted by Gasteiger charge is -2.19. The van der Waals surface area contributed by atoms with Crippen molar-refractivity contribution in [2.24, 2.45) is 28.1 Å². The summed E-state index contributed by atoms with van der Waals surface area (Å²) in [5.74, 6) is -0.0311. The number of hydrogen-bond acceptors (Lipinski definition) is 10. The van der Waals surface area contributed by atoms with E-state index in [-0.39, 0.29) is 29.0 Å². The summed E-state index contributed by atoms with van der Waals surface area (Å²) >= 11 is 0. The molecule has 2 amide bonds. The molecular formula is C33H47N9O3. The Bertz CT molecular complexity index is 1480. The van der Waals surface area contributed by atoms with E-state index in [9.17, 15) is 9.59 Å². The average Bonchev–Trinajstić information content (AvgIpc) is 3.87. The van der Waals surface area contributed by atoms with Crippen LogP contribution in [0.25, 0.3) is 11.1 Å². The molecule has 45 heavy (non-hydrogen) atoms. The molecule has 0 aliphatic heterocycles. The van der Waals surface area contributed by atoms with Gasteiger partial charge in [-0.2, -0.15) is 0 Å². The van der Waals surface area contributed by atoms with Gasteiger partial charge in [0, 0.05) is 80.2 Å². The van der Waals surface area contributed by atoms with Crippen molar-refractivity contribution < 1.29 is 14.3 Å². The zero-order valence-electron chi connectivity index (χ0n) is 27.3. The lowest BCUT2D eigenvalue weighted by atomic mass is 9.99. The second-order valence-electron chi connectivity index (χ2n) is 10.6. The highest BCUT2D eigenvalue weighted by molar-refractivity contribution is 5.94. The third kappa shape index (κ3) is 10.8. The van der Waals surface area contributed by atoms with Gasteiger partial charge in [0.15, 0.2) is 0 Å². The number of benzene rings is 1. The van der Waals surface area contributed by atoms with Crippen LogP contribution in [0.1, 0.15) is 31.0 Å². The number of allylic oxidation sites excluding steroid dienone is 2. The van der Waals surface area contributed by atoms with Crippen molar-refractivity contribution in [2.75, 3.05) is 40.1 Å². The average molecular weight is 618 g/mol. The van der Waals surface area contributed by atoms with Crippen molar-refractivity contribution in [1.29, 1.82) is 0 Å². The Hall–Kier alpha value is -5.26. The number of aromatic nitrogens is 1. The maximum atomic E-state index is 12.3. The topological polar surface area (TPSA) is 186 Å². The van der Waals surface area contributed by atoms with E-state index in [1.807, 2.05) is 57.0 Å². The van der Waals surface area contributed by atoms with Crippen molar-refractivity contribution in [3.8, 4) is 16.9 Å². The maximum Gasteiger partial charge on any atom is 0.269 e. The van der Waals surface area contributed by atoms with E-state index in [0.29, 0.717) is 11.4 Å². The second kappa shape index (κ2) is 17.1. The fourth-order valence-electron chi connectivity index (χ4n) is 4.09. The van der Waals surface area contributed by atoms with Crippen molar-refractivity contribution in [3.05, 3.63) is 89.1 Å². The van der Waals surface area contributed by atoms with Crippen LogP contribution in [0.15, 0.2) is 82.8 Å². The fourth-order valence-corrected chi connectivity index (χ4v) is 4.09. The van der Waals surface area contributed by atoms with E-state index in [2.05, 4.69) is 32.5 Å². The van der Waals surface area contributed by atoms with Crippen molar-refractivity contribution in [1.82, 2.24) is 20.5 Å². The van der Waals surface area contributed by atoms with E-state index in [1.54, 1.807) is 32.8 Å². The molecular weight excluding hydrogens is 570 g/mol. The van der Waals surface area contributed by atoms with Gasteiger partial charge in [-0.05, 0) is 57.5 Å². The van der Waals surface area contributed by atoms with Gasteiger partial charge >= 0.3 is 0 Å². The third-order valence-corrected chi connectivity index (χ3v) is 6.84. The normalized spacial score (nSPS) is 13.9. The Kier molecular flexibility index (Phi) is 13.7. The van der Waals surface area contributed by atoms with Crippen LogP contribution < -0.4 is 37.9 Å². The summed E-state index contributed by atoms with van der Waals surface area (Å²) in [6.45, 7) is 10.2. The number of nitrogens with two attached hydrogens (primary N) is 3. The number of methoxy groups -OCH3 is 1. The van der Waals surface area contributed by atoms with E-state index >= 15 is 0 Å². The Balaban J connectivity index is 0.000000498. The molecule has 1 fully saturated rings. The summed E-state index contributed by atoms with van der Waals surface area (Å²) in [4.78, 5) is 34.6. The monoisotopic (exact) mass is 617 g/mol. The minimum absolute atomic E-state index is 0.0171. The summed E-state index contributed by atoms with van der Waals surface area (Å²) < 4.78 is 5.74. The molecule has 12 nitrogen and oxygen atoms in total. The minimum Gasteiger partial charge on any atom is -0.494 e. The van der Waals surface area contributed by atoms with Gasteiger partial charge in [0.25, 0.3) is 5.91 Å². The summed E-state index contributed by atoms with van der Waals surface area (Å²) in [5, 5.41) is 8.30. The molecule has 1 aromatic carbocycles. The molecule has 0 bridgehead atoms. The molecule has 1 aromatic heterocycles. The number of ether oxygens (including phenoxy) is 1. The fraction of sp³-hybridized carbons (Fsp3) is 0.333. The number of likely N-dealkylation sites (N-methyl/N-ethyl adjacent to an activating group) is 2. The molecule has 0 saturated heterocycles. The summed E-state index contributed by atoms with van der Waals surface area (Å²) in [5.41, 5.74) is 23.9. The molecule has 0 spiro atoms. The summed E-state index contributed by atoms with van der Waals surface area (Å²) in [6, 6.07) is 7.64. The van der Waals surface area contributed by atoms with E-state index in [4.69, 9.17) is 21.9 Å². The standard InChI is InChI=1S/C24H30N6O3.C9H17N3/c1-13-5-10-17(22(33-4)20(13)16-7-6-14(2)28-12-16)29-18(21(26)24(32)27-3)11-19(25)30-23(31)15-8-9-15;1-5-12(4)7-9(6-11-3)8(2)10/h5-7,10-12,15,29H,8-9,25-26H2,1-4H3,(H,27,32)(H,30,31);5-6H,1,7,10H2,2-4H3/b19-11+,21-18+;9-8+,11-6?. The van der Waals surface area contributed by atoms with Gasteiger partial charge < -0.3 is 42.8 Å². The number of nitrogens with one attached hydrogen (secondary N) is 3. The van der Waals surface area contributed by atoms with Crippen LogP contribution in [-0.4, -0.2) is 62.7 Å². The van der Waals surface area contributed by atoms with E-state index < -0.39 is 5.91 Å². The number of carbonyl (C=O) groups is 2. The molecule has 3 rings (SSSR count). The first-order valence-electron chi connectivity index (χ1n) is 14.4. The van der Waals surface area contributed by atoms with Crippen molar-refractivity contribution in [2.45, 2.75) is 33.6 Å². The molecule has 9 N–H and O–H groups in total. The van der Waals surface area contributed by atoms with Crippen LogP contribution in [0, 0.1) is 19.8 Å². The highest BCUT2D eigenvalue weighted by Gasteiger charge is 2.29. The largest absolute Gasteiger partial charge is 0.494 e. The molecule has 0 unspecified atom stereocenters. The van der Waals surface area contributed by atoms with Gasteiger partial charge in [0.2, 0.25) is 5.91 Å². The Morgan fingerprint density at radius 3 is 2.38 bits per heavy atom. The number of pyridine rings is 1. The Morgan fingerprint density at radius 2 is 1.87 bits per heavy atom. The van der Waals surface area contributed by atoms with E-state index in [0.717, 1.165) is 53.0 Å². The van der Waals surface area contributed by atoms with Gasteiger partial charge in [0.1, 0.15) is 17.3 Å². The minimum atomic E-state index is -0.496. The first-order valence-corrected chi connectivity index (χ1v) is 14.4. The molecule has 0 atom stereocenters. The van der Waals surface area contributed by atoms with Crippen molar-refractivity contribution in [3.63, 3.8) is 0 Å². The molecule has 0 radical (unpaired) electrons. The van der Waals surface area contributed by atoms with Crippen LogP contribution in [-0.2, 0) is 9.59 Å². The van der Waals surface area contributed by atoms with Crippen molar-refractivity contribution >= 4 is 23.7 Å². The molecule has 242 valence electrons. The van der Waals surface area contributed by atoms with Gasteiger partial charge in [-0.15, -0.1) is 0 Å². The first kappa shape index (κ1) is 35.9. The number of nitrogens with zero attached hydrogens (tertiary/aromatic N) is 3. The van der Waals surface area contributed by atoms with Crippen LogP contribution >= 0.6 is 0 Å². The van der Waals surface area contributed by atoms with Gasteiger partial charge in [-0.1, -0.05) is 18.7 Å². The molecule has 12 heteroatoms. The first-order chi connectivity index (χ1) is 21.4. The third-order valence-electron chi connectivity index (χ3n) is 6.84. The Morgan fingerprint density at radius 1 is 1.18 bits per heavy atom. The quantitative estimate of drug-likeness (QED) is 0.118. The molecule has 1 aliphatic rings. The number of anilines is 1. The highest BCUT2D eigenvalue weighted by atomic mass is 16.5. The number of aliphatic imine (C=N–C) groups is 1. The van der Waals surface area contributed by atoms with Gasteiger partial charge in [-0.3, -0.25) is 19.6 Å². The zero-order valence-corrected chi connectivity index (χ0v) is 27.3. The van der Waals surface area contributed by atoms with Crippen LogP contribution in [0.2, 0.25) is 0 Å². The summed E-state index contributed by atoms with van der Waals surface area (Å²) in [6.07, 6.45) is 8.43. The van der Waals surface area contributed by atoms with Gasteiger partial charge in [0.05, 0.1) is 18.5 Å². The number of carbonyl (C=O) groups excluding carboxylic acids is 2. The maximum absolute atomic E-state index is 12.3. The molecule has 2 aromatic rings. The molecule has 1 heterocycles. The number of amides is 2. The predicted molar refractivity (Wildman–Crippen MR) is 182 cm³/mol. The number of rotatable bonds is 12. The van der Waals surface area contributed by atoms with E-state index in [1.165, 1.54) is 13.1 Å². The SMILES string of the molecule is C=CN(C)C/C(C=NC)=C(\C)N.CNC(=O)/C(N)=C(/C=C(\N)NC(=O)C1CC1)Nc1ccc(C)c(-c2ccc(C)nc2)c1OC. The van der Waals surface area contributed by atoms with Crippen LogP contribution in [0.4, 0.5) is 5.69 Å². The molecule has 1 saturated carbocycles. The van der Waals surface area contributed by atoms with Crippen LogP contribution in [0.5, 0.6) is 5.75 Å². The number of hydrogen-bond donors (Lipinski definition) is 6. The lowest BCUT2D eigenvalue weighted by molar-refractivity contribution is -0.121. The second-order valence-corrected chi connectivity index (χ2v) is 10.6. The molecule has 1 aliphatic carbocycles. The number of aryl methyl sites for hydroxylation is 2. The Labute approximate surface area is 266 Å². The highest BCUT2D eigenvalue weighted by Crippen LogP contribution is 2.39.